The SMILES string of the molecule is NC(=O)c1ccc(Cn2c(-c3ccc4c(c3)-c3ccccc3C4)nc(-c3ccc(Cl)cc3)c2-c2ccc(Cl)cc2)cc1. The molecule has 0 bridgehead atoms. The molecule has 0 fully saturated rings. The van der Waals surface area contributed by atoms with Gasteiger partial charge in [-0.15, -0.1) is 0 Å². The van der Waals surface area contributed by atoms with Crippen LogP contribution in [0.1, 0.15) is 27.0 Å². The van der Waals surface area contributed by atoms with Gasteiger partial charge in [-0.3, -0.25) is 4.79 Å². The summed E-state index contributed by atoms with van der Waals surface area (Å²) in [5.41, 5.74) is 16.9. The first-order valence-corrected chi connectivity index (χ1v) is 14.4. The lowest BCUT2D eigenvalue weighted by Gasteiger charge is -2.15. The van der Waals surface area contributed by atoms with E-state index in [-0.39, 0.29) is 0 Å². The molecule has 7 rings (SSSR count). The molecular weight excluding hydrogens is 561 g/mol. The second-order valence-electron chi connectivity index (χ2n) is 10.5. The highest BCUT2D eigenvalue weighted by Crippen LogP contribution is 2.41. The summed E-state index contributed by atoms with van der Waals surface area (Å²) in [6.07, 6.45) is 0.929. The molecule has 1 aliphatic rings. The summed E-state index contributed by atoms with van der Waals surface area (Å²) in [6.45, 7) is 0.528. The molecule has 2 N–H and O–H groups in total. The molecule has 204 valence electrons. The molecule has 0 spiro atoms. The number of hydrogen-bond acceptors (Lipinski definition) is 2. The van der Waals surface area contributed by atoms with Gasteiger partial charge in [0.2, 0.25) is 5.91 Å². The molecule has 42 heavy (non-hydrogen) atoms. The van der Waals surface area contributed by atoms with Gasteiger partial charge >= 0.3 is 0 Å². The van der Waals surface area contributed by atoms with E-state index in [0.29, 0.717) is 22.2 Å². The van der Waals surface area contributed by atoms with Gasteiger partial charge in [0.25, 0.3) is 0 Å². The minimum absolute atomic E-state index is 0.449. The Morgan fingerprint density at radius 2 is 1.33 bits per heavy atom. The molecule has 1 heterocycles. The van der Waals surface area contributed by atoms with Crippen LogP contribution in [-0.4, -0.2) is 15.5 Å². The van der Waals surface area contributed by atoms with Crippen LogP contribution in [0.15, 0.2) is 115 Å². The molecule has 0 atom stereocenters. The summed E-state index contributed by atoms with van der Waals surface area (Å²) < 4.78 is 2.25. The number of imidazole rings is 1. The summed E-state index contributed by atoms with van der Waals surface area (Å²) in [4.78, 5) is 17.0. The minimum Gasteiger partial charge on any atom is -0.366 e. The van der Waals surface area contributed by atoms with Crippen LogP contribution in [0.4, 0.5) is 0 Å². The third-order valence-electron chi connectivity index (χ3n) is 7.84. The normalized spacial score (nSPS) is 11.8. The standard InChI is InChI=1S/C36H25Cl2N3O/c37-29-15-11-23(12-16-29)33-34(24-13-17-30(38)18-14-24)41(21-22-5-7-25(8-6-22)35(39)42)36(40-33)28-10-9-27-19-26-3-1-2-4-31(26)32(27)20-28/h1-18,20H,19,21H2,(H2,39,42). The number of carbonyl (C=O) groups is 1. The van der Waals surface area contributed by atoms with Crippen LogP contribution in [0.2, 0.25) is 10.0 Å². The zero-order valence-electron chi connectivity index (χ0n) is 22.5. The number of benzene rings is 5. The molecule has 0 unspecified atom stereocenters. The van der Waals surface area contributed by atoms with Crippen molar-refractivity contribution < 1.29 is 4.79 Å². The molecule has 1 aromatic heterocycles. The summed E-state index contributed by atoms with van der Waals surface area (Å²) in [5.74, 6) is 0.395. The van der Waals surface area contributed by atoms with Crippen molar-refractivity contribution in [2.24, 2.45) is 5.73 Å². The molecule has 0 saturated heterocycles. The van der Waals surface area contributed by atoms with Crippen LogP contribution in [0, 0.1) is 0 Å². The maximum absolute atomic E-state index is 11.7. The average Bonchev–Trinajstić information content (AvgIpc) is 3.56. The van der Waals surface area contributed by atoms with Crippen molar-refractivity contribution in [2.75, 3.05) is 0 Å². The van der Waals surface area contributed by atoms with E-state index in [1.54, 1.807) is 12.1 Å². The van der Waals surface area contributed by atoms with Gasteiger partial charge in [-0.1, -0.05) is 96.0 Å². The minimum atomic E-state index is -0.449. The van der Waals surface area contributed by atoms with Crippen molar-refractivity contribution in [1.82, 2.24) is 9.55 Å². The average molecular weight is 587 g/mol. The highest BCUT2D eigenvalue weighted by molar-refractivity contribution is 6.31. The maximum Gasteiger partial charge on any atom is 0.248 e. The highest BCUT2D eigenvalue weighted by atomic mass is 35.5. The van der Waals surface area contributed by atoms with Gasteiger partial charge in [-0.05, 0) is 76.7 Å². The van der Waals surface area contributed by atoms with Gasteiger partial charge in [-0.2, -0.15) is 0 Å². The van der Waals surface area contributed by atoms with E-state index in [1.165, 1.54) is 22.3 Å². The van der Waals surface area contributed by atoms with E-state index in [0.717, 1.165) is 45.9 Å². The van der Waals surface area contributed by atoms with E-state index in [1.807, 2.05) is 60.7 Å². The van der Waals surface area contributed by atoms with Gasteiger partial charge < -0.3 is 10.3 Å². The number of carbonyl (C=O) groups excluding carboxylic acids is 1. The molecular formula is C36H25Cl2N3O. The van der Waals surface area contributed by atoms with Crippen LogP contribution < -0.4 is 5.73 Å². The van der Waals surface area contributed by atoms with E-state index < -0.39 is 5.91 Å². The predicted octanol–water partition coefficient (Wildman–Crippen LogP) is 8.91. The fourth-order valence-corrected chi connectivity index (χ4v) is 6.01. The quantitative estimate of drug-likeness (QED) is 0.212. The van der Waals surface area contributed by atoms with Crippen LogP contribution >= 0.6 is 23.2 Å². The van der Waals surface area contributed by atoms with Crippen LogP contribution in [-0.2, 0) is 13.0 Å². The fourth-order valence-electron chi connectivity index (χ4n) is 5.76. The van der Waals surface area contributed by atoms with E-state index >= 15 is 0 Å². The zero-order valence-corrected chi connectivity index (χ0v) is 24.0. The Bertz CT molecular complexity index is 1960. The largest absolute Gasteiger partial charge is 0.366 e. The molecule has 0 aliphatic heterocycles. The smallest absolute Gasteiger partial charge is 0.248 e. The van der Waals surface area contributed by atoms with Crippen LogP contribution in [0.25, 0.3) is 45.0 Å². The van der Waals surface area contributed by atoms with Crippen LogP contribution in [0.5, 0.6) is 0 Å². The number of primary amides is 1. The highest BCUT2D eigenvalue weighted by Gasteiger charge is 2.24. The molecule has 0 radical (unpaired) electrons. The van der Waals surface area contributed by atoms with Gasteiger partial charge in [0.15, 0.2) is 0 Å². The summed E-state index contributed by atoms with van der Waals surface area (Å²) >= 11 is 12.6. The van der Waals surface area contributed by atoms with Crippen molar-refractivity contribution in [3.63, 3.8) is 0 Å². The molecule has 6 heteroatoms. The molecule has 4 nitrogen and oxygen atoms in total. The maximum atomic E-state index is 11.7. The third-order valence-corrected chi connectivity index (χ3v) is 8.34. The van der Waals surface area contributed by atoms with Gasteiger partial charge in [0.1, 0.15) is 5.82 Å². The summed E-state index contributed by atoms with van der Waals surface area (Å²) in [5, 5.41) is 1.33. The lowest BCUT2D eigenvalue weighted by Crippen LogP contribution is -2.11. The Hall–Kier alpha value is -4.64. The first-order valence-electron chi connectivity index (χ1n) is 13.7. The summed E-state index contributed by atoms with van der Waals surface area (Å²) in [7, 11) is 0. The molecule has 6 aromatic rings. The van der Waals surface area contributed by atoms with E-state index in [2.05, 4.69) is 47.0 Å². The number of fused-ring (bicyclic) bond motifs is 3. The number of halogens is 2. The Morgan fingerprint density at radius 3 is 2.02 bits per heavy atom. The lowest BCUT2D eigenvalue weighted by atomic mass is 10.0. The Balaban J connectivity index is 1.46. The summed E-state index contributed by atoms with van der Waals surface area (Å²) in [6, 6.07) is 38.2. The second-order valence-corrected chi connectivity index (χ2v) is 11.4. The lowest BCUT2D eigenvalue weighted by molar-refractivity contribution is 0.100. The fraction of sp³-hybridized carbons (Fsp3) is 0.0556. The number of amides is 1. The van der Waals surface area contributed by atoms with Crippen LogP contribution in [0.3, 0.4) is 0 Å². The third kappa shape index (κ3) is 4.79. The first kappa shape index (κ1) is 26.3. The monoisotopic (exact) mass is 585 g/mol. The zero-order chi connectivity index (χ0) is 28.8. The molecule has 5 aromatic carbocycles. The van der Waals surface area contributed by atoms with Crippen molar-refractivity contribution in [3.8, 4) is 45.0 Å². The van der Waals surface area contributed by atoms with Crippen molar-refractivity contribution >= 4 is 29.1 Å². The Labute approximate surface area is 254 Å². The van der Waals surface area contributed by atoms with Gasteiger partial charge in [0, 0.05) is 38.8 Å². The van der Waals surface area contributed by atoms with E-state index in [9.17, 15) is 4.79 Å². The van der Waals surface area contributed by atoms with Crippen molar-refractivity contribution in [3.05, 3.63) is 148 Å². The number of rotatable bonds is 6. The Kier molecular flexibility index (Phi) is 6.66. The number of hydrogen-bond donors (Lipinski definition) is 1. The van der Waals surface area contributed by atoms with Gasteiger partial charge in [0.05, 0.1) is 11.4 Å². The predicted molar refractivity (Wildman–Crippen MR) is 171 cm³/mol. The molecule has 0 saturated carbocycles. The number of aromatic nitrogens is 2. The second kappa shape index (κ2) is 10.6. The number of nitrogens with zero attached hydrogens (tertiary/aromatic N) is 2. The topological polar surface area (TPSA) is 60.9 Å². The van der Waals surface area contributed by atoms with Crippen molar-refractivity contribution in [1.29, 1.82) is 0 Å². The number of nitrogens with two attached hydrogens (primary N) is 1. The first-order chi connectivity index (χ1) is 20.4. The molecule has 1 amide bonds. The Morgan fingerprint density at radius 1 is 0.714 bits per heavy atom. The van der Waals surface area contributed by atoms with Gasteiger partial charge in [-0.25, -0.2) is 4.98 Å². The van der Waals surface area contributed by atoms with E-state index in [4.69, 9.17) is 33.9 Å². The molecule has 1 aliphatic carbocycles. The van der Waals surface area contributed by atoms with Crippen molar-refractivity contribution in [2.45, 2.75) is 13.0 Å².